The molecule has 0 saturated heterocycles. The van der Waals surface area contributed by atoms with Crippen molar-refractivity contribution in [2.75, 3.05) is 13.1 Å². The van der Waals surface area contributed by atoms with Crippen molar-refractivity contribution in [1.29, 1.82) is 0 Å². The molecule has 0 amide bonds. The molecule has 0 spiro atoms. The van der Waals surface area contributed by atoms with E-state index < -0.39 is 0 Å². The summed E-state index contributed by atoms with van der Waals surface area (Å²) in [7, 11) is 0. The van der Waals surface area contributed by atoms with Crippen LogP contribution in [0.1, 0.15) is 43.0 Å². The summed E-state index contributed by atoms with van der Waals surface area (Å²) < 4.78 is 0. The predicted molar refractivity (Wildman–Crippen MR) is 80.3 cm³/mol. The van der Waals surface area contributed by atoms with Crippen molar-refractivity contribution >= 4 is 29.0 Å². The summed E-state index contributed by atoms with van der Waals surface area (Å²) in [6.07, 6.45) is 4.72. The summed E-state index contributed by atoms with van der Waals surface area (Å²) in [5.41, 5.74) is 0.577. The number of carbonyl (C=O) groups is 1. The molecular formula is C15H19Cl2NO. The van der Waals surface area contributed by atoms with Gasteiger partial charge in [-0.1, -0.05) is 36.5 Å². The number of benzene rings is 1. The average Bonchev–Trinajstić information content (AvgIpc) is 3.18. The quantitative estimate of drug-likeness (QED) is 0.694. The van der Waals surface area contributed by atoms with E-state index in [4.69, 9.17) is 23.2 Å². The lowest BCUT2D eigenvalue weighted by atomic mass is 10.1. The number of ketones is 1. The molecule has 2 rings (SSSR count). The number of rotatable bonds is 7. The molecule has 1 aliphatic carbocycles. The van der Waals surface area contributed by atoms with E-state index in [1.807, 2.05) is 0 Å². The third-order valence-corrected chi connectivity index (χ3v) is 3.99. The van der Waals surface area contributed by atoms with Crippen molar-refractivity contribution in [3.8, 4) is 0 Å². The first-order valence-electron chi connectivity index (χ1n) is 6.84. The van der Waals surface area contributed by atoms with Crippen molar-refractivity contribution < 1.29 is 4.79 Å². The van der Waals surface area contributed by atoms with Gasteiger partial charge in [0.25, 0.3) is 0 Å². The smallest absolute Gasteiger partial charge is 0.178 e. The molecule has 19 heavy (non-hydrogen) atoms. The lowest BCUT2D eigenvalue weighted by molar-refractivity contribution is 0.0923. The molecule has 1 aromatic rings. The lowest BCUT2D eigenvalue weighted by Crippen LogP contribution is -2.33. The van der Waals surface area contributed by atoms with Gasteiger partial charge in [-0.3, -0.25) is 9.69 Å². The van der Waals surface area contributed by atoms with E-state index in [0.29, 0.717) is 28.2 Å². The van der Waals surface area contributed by atoms with Gasteiger partial charge in [0.15, 0.2) is 5.78 Å². The Morgan fingerprint density at radius 3 is 2.68 bits per heavy atom. The molecule has 1 aliphatic rings. The number of halogens is 2. The van der Waals surface area contributed by atoms with Crippen molar-refractivity contribution in [1.82, 2.24) is 4.90 Å². The predicted octanol–water partition coefficient (Wildman–Crippen LogP) is 4.44. The van der Waals surface area contributed by atoms with Gasteiger partial charge >= 0.3 is 0 Å². The van der Waals surface area contributed by atoms with E-state index in [1.54, 1.807) is 18.2 Å². The zero-order chi connectivity index (χ0) is 13.8. The molecule has 0 heterocycles. The summed E-state index contributed by atoms with van der Waals surface area (Å²) in [5.74, 6) is 0.0877. The summed E-state index contributed by atoms with van der Waals surface area (Å²) >= 11 is 11.9. The van der Waals surface area contributed by atoms with Crippen LogP contribution in [0.25, 0.3) is 0 Å². The van der Waals surface area contributed by atoms with Gasteiger partial charge in [0.2, 0.25) is 0 Å². The van der Waals surface area contributed by atoms with Crippen LogP contribution in [0.15, 0.2) is 18.2 Å². The zero-order valence-electron chi connectivity index (χ0n) is 11.2. The molecule has 0 unspecified atom stereocenters. The lowest BCUT2D eigenvalue weighted by Gasteiger charge is -2.21. The monoisotopic (exact) mass is 299 g/mol. The van der Waals surface area contributed by atoms with Gasteiger partial charge in [-0.05, 0) is 44.0 Å². The normalized spacial score (nSPS) is 14.9. The van der Waals surface area contributed by atoms with Crippen LogP contribution in [-0.4, -0.2) is 29.8 Å². The van der Waals surface area contributed by atoms with Crippen molar-refractivity contribution in [2.45, 2.75) is 38.6 Å². The molecule has 0 bridgehead atoms. The highest BCUT2D eigenvalue weighted by atomic mass is 35.5. The molecule has 1 saturated carbocycles. The number of nitrogens with zero attached hydrogens (tertiary/aromatic N) is 1. The van der Waals surface area contributed by atoms with Crippen molar-refractivity contribution in [2.24, 2.45) is 0 Å². The van der Waals surface area contributed by atoms with E-state index in [1.165, 1.54) is 12.8 Å². The molecule has 104 valence electrons. The first-order valence-corrected chi connectivity index (χ1v) is 7.59. The Labute approximate surface area is 124 Å². The Hall–Kier alpha value is -0.570. The second-order valence-corrected chi connectivity index (χ2v) is 5.95. The molecular weight excluding hydrogens is 281 g/mol. The minimum absolute atomic E-state index is 0.0877. The van der Waals surface area contributed by atoms with E-state index in [0.717, 1.165) is 19.4 Å². The van der Waals surface area contributed by atoms with Crippen molar-refractivity contribution in [3.63, 3.8) is 0 Å². The van der Waals surface area contributed by atoms with Gasteiger partial charge in [0.1, 0.15) is 0 Å². The Balaban J connectivity index is 2.01. The maximum atomic E-state index is 12.3. The fourth-order valence-corrected chi connectivity index (χ4v) is 2.69. The van der Waals surface area contributed by atoms with Crippen LogP contribution in [0.5, 0.6) is 0 Å². The largest absolute Gasteiger partial charge is 0.293 e. The second kappa shape index (κ2) is 6.74. The summed E-state index contributed by atoms with van der Waals surface area (Å²) in [6.45, 7) is 3.63. The van der Waals surface area contributed by atoms with E-state index in [-0.39, 0.29) is 5.78 Å². The molecule has 0 radical (unpaired) electrons. The highest BCUT2D eigenvalue weighted by molar-refractivity contribution is 6.36. The highest BCUT2D eigenvalue weighted by Gasteiger charge is 2.30. The molecule has 1 aromatic carbocycles. The van der Waals surface area contributed by atoms with Crippen LogP contribution in [0, 0.1) is 0 Å². The van der Waals surface area contributed by atoms with Gasteiger partial charge in [-0.15, -0.1) is 0 Å². The number of hydrogen-bond donors (Lipinski definition) is 0. The van der Waals surface area contributed by atoms with Gasteiger partial charge < -0.3 is 0 Å². The summed E-state index contributed by atoms with van der Waals surface area (Å²) in [6, 6.07) is 5.66. The van der Waals surface area contributed by atoms with Crippen LogP contribution in [0.2, 0.25) is 10.0 Å². The molecule has 0 aromatic heterocycles. The summed E-state index contributed by atoms with van der Waals surface area (Å²) in [5, 5.41) is 1.01. The van der Waals surface area contributed by atoms with E-state index in [2.05, 4.69) is 11.8 Å². The molecule has 2 nitrogen and oxygen atoms in total. The number of carbonyl (C=O) groups excluding carboxylic acids is 1. The fourth-order valence-electron chi connectivity index (χ4n) is 2.18. The minimum Gasteiger partial charge on any atom is -0.293 e. The Kier molecular flexibility index (Phi) is 5.26. The molecule has 0 atom stereocenters. The maximum Gasteiger partial charge on any atom is 0.178 e. The number of hydrogen-bond acceptors (Lipinski definition) is 2. The number of Topliss-reactive ketones (excluding diaryl/α,β-unsaturated/α-hetero) is 1. The Morgan fingerprint density at radius 2 is 2.11 bits per heavy atom. The van der Waals surface area contributed by atoms with Gasteiger partial charge in [0, 0.05) is 16.6 Å². The highest BCUT2D eigenvalue weighted by Crippen LogP contribution is 2.28. The second-order valence-electron chi connectivity index (χ2n) is 5.10. The zero-order valence-corrected chi connectivity index (χ0v) is 12.7. The van der Waals surface area contributed by atoms with E-state index >= 15 is 0 Å². The Bertz CT molecular complexity index is 457. The van der Waals surface area contributed by atoms with Gasteiger partial charge in [0.05, 0.1) is 11.6 Å². The summed E-state index contributed by atoms with van der Waals surface area (Å²) in [4.78, 5) is 14.6. The molecule has 0 N–H and O–H groups in total. The van der Waals surface area contributed by atoms with E-state index in [9.17, 15) is 4.79 Å². The Morgan fingerprint density at radius 1 is 1.37 bits per heavy atom. The van der Waals surface area contributed by atoms with Crippen molar-refractivity contribution in [3.05, 3.63) is 33.8 Å². The third-order valence-electron chi connectivity index (χ3n) is 3.44. The minimum atomic E-state index is 0.0877. The first-order chi connectivity index (χ1) is 9.11. The van der Waals surface area contributed by atoms with Crippen LogP contribution in [0.4, 0.5) is 0 Å². The fraction of sp³-hybridized carbons (Fsp3) is 0.533. The van der Waals surface area contributed by atoms with Crippen LogP contribution in [-0.2, 0) is 0 Å². The number of unbranched alkanes of at least 4 members (excludes halogenated alkanes) is 1. The SMILES string of the molecule is CCCCN(CC(=O)c1ccc(Cl)cc1Cl)C1CC1. The standard InChI is InChI=1S/C15H19Cl2NO/c1-2-3-8-18(12-5-6-12)10-15(19)13-7-4-11(16)9-14(13)17/h4,7,9,12H,2-3,5-6,8,10H2,1H3. The van der Waals surface area contributed by atoms with Crippen LogP contribution >= 0.6 is 23.2 Å². The third kappa shape index (κ3) is 4.20. The van der Waals surface area contributed by atoms with Gasteiger partial charge in [-0.25, -0.2) is 0 Å². The van der Waals surface area contributed by atoms with Gasteiger partial charge in [-0.2, -0.15) is 0 Å². The maximum absolute atomic E-state index is 12.3. The average molecular weight is 300 g/mol. The first kappa shape index (κ1) is 14.8. The topological polar surface area (TPSA) is 20.3 Å². The van der Waals surface area contributed by atoms with Crippen LogP contribution in [0.3, 0.4) is 0 Å². The molecule has 0 aliphatic heterocycles. The van der Waals surface area contributed by atoms with Crippen LogP contribution < -0.4 is 0 Å². The molecule has 4 heteroatoms. The molecule has 1 fully saturated rings.